The molecule has 0 unspecified atom stereocenters. The average Bonchev–Trinajstić information content (AvgIpc) is 2.85. The maximum Gasteiger partial charge on any atom is 0.0894 e. The summed E-state index contributed by atoms with van der Waals surface area (Å²) in [4.78, 5) is 0. The number of anilines is 1. The molecule has 0 radical (unpaired) electrons. The van der Waals surface area contributed by atoms with Crippen molar-refractivity contribution in [3.8, 4) is 0 Å². The Morgan fingerprint density at radius 2 is 2.05 bits per heavy atom. The standard InChI is InChI=1S/C16H15ClIN3/c1-2-21-16-6-4-3-5-12(16)15(20-21)10-19-14-8-7-11(17)9-13(14)18/h3-9,19H,2,10H2,1H3. The quantitative estimate of drug-likeness (QED) is 0.617. The van der Waals surface area contributed by atoms with E-state index in [4.69, 9.17) is 16.7 Å². The van der Waals surface area contributed by atoms with E-state index in [9.17, 15) is 0 Å². The van der Waals surface area contributed by atoms with Gasteiger partial charge in [-0.15, -0.1) is 0 Å². The molecule has 21 heavy (non-hydrogen) atoms. The third-order valence-electron chi connectivity index (χ3n) is 3.41. The van der Waals surface area contributed by atoms with E-state index in [1.54, 1.807) is 0 Å². The number of hydrogen-bond acceptors (Lipinski definition) is 2. The second-order valence-electron chi connectivity index (χ2n) is 4.76. The molecule has 3 aromatic rings. The van der Waals surface area contributed by atoms with Crippen molar-refractivity contribution in [1.82, 2.24) is 9.78 Å². The molecule has 5 heteroatoms. The second-order valence-corrected chi connectivity index (χ2v) is 6.36. The molecule has 0 spiro atoms. The number of nitrogens with zero attached hydrogens (tertiary/aromatic N) is 2. The smallest absolute Gasteiger partial charge is 0.0894 e. The summed E-state index contributed by atoms with van der Waals surface area (Å²) in [5, 5.41) is 10.1. The molecule has 0 atom stereocenters. The fraction of sp³-hybridized carbons (Fsp3) is 0.188. The number of nitrogens with one attached hydrogen (secondary N) is 1. The minimum absolute atomic E-state index is 0.700. The van der Waals surface area contributed by atoms with E-state index >= 15 is 0 Å². The molecule has 1 heterocycles. The summed E-state index contributed by atoms with van der Waals surface area (Å²) in [5.41, 5.74) is 3.33. The number of hydrogen-bond donors (Lipinski definition) is 1. The number of fused-ring (bicyclic) bond motifs is 1. The number of para-hydroxylation sites is 1. The summed E-state index contributed by atoms with van der Waals surface area (Å²) < 4.78 is 3.15. The molecule has 1 N–H and O–H groups in total. The van der Waals surface area contributed by atoms with Gasteiger partial charge in [0.05, 0.1) is 17.8 Å². The van der Waals surface area contributed by atoms with Gasteiger partial charge in [-0.2, -0.15) is 5.10 Å². The molecular weight excluding hydrogens is 397 g/mol. The van der Waals surface area contributed by atoms with Gasteiger partial charge in [-0.3, -0.25) is 4.68 Å². The van der Waals surface area contributed by atoms with Crippen LogP contribution in [0.5, 0.6) is 0 Å². The van der Waals surface area contributed by atoms with Crippen LogP contribution in [0.1, 0.15) is 12.6 Å². The van der Waals surface area contributed by atoms with Gasteiger partial charge in [0.1, 0.15) is 0 Å². The van der Waals surface area contributed by atoms with Gasteiger partial charge in [-0.05, 0) is 53.8 Å². The molecule has 0 amide bonds. The Balaban J connectivity index is 1.88. The van der Waals surface area contributed by atoms with Crippen LogP contribution in [-0.4, -0.2) is 9.78 Å². The molecule has 0 saturated heterocycles. The number of aryl methyl sites for hydroxylation is 1. The molecule has 0 bridgehead atoms. The second kappa shape index (κ2) is 6.23. The lowest BCUT2D eigenvalue weighted by atomic mass is 10.2. The number of benzene rings is 2. The first kappa shape index (κ1) is 14.7. The summed E-state index contributed by atoms with van der Waals surface area (Å²) >= 11 is 8.27. The molecule has 0 fully saturated rings. The number of aromatic nitrogens is 2. The van der Waals surface area contributed by atoms with Crippen molar-refractivity contribution >= 4 is 50.8 Å². The van der Waals surface area contributed by atoms with Crippen molar-refractivity contribution in [3.05, 3.63) is 56.8 Å². The Morgan fingerprint density at radius 3 is 2.81 bits per heavy atom. The SMILES string of the molecule is CCn1nc(CNc2ccc(Cl)cc2I)c2ccccc21. The van der Waals surface area contributed by atoms with Crippen LogP contribution in [0.4, 0.5) is 5.69 Å². The van der Waals surface area contributed by atoms with Gasteiger partial charge in [-0.25, -0.2) is 0 Å². The van der Waals surface area contributed by atoms with E-state index in [0.29, 0.717) is 6.54 Å². The molecule has 3 nitrogen and oxygen atoms in total. The molecule has 108 valence electrons. The fourth-order valence-corrected chi connectivity index (χ4v) is 3.44. The highest BCUT2D eigenvalue weighted by Crippen LogP contribution is 2.24. The van der Waals surface area contributed by atoms with Crippen molar-refractivity contribution < 1.29 is 0 Å². The Hall–Kier alpha value is -1.27. The van der Waals surface area contributed by atoms with Crippen LogP contribution in [0.25, 0.3) is 10.9 Å². The zero-order chi connectivity index (χ0) is 14.8. The molecule has 0 saturated carbocycles. The van der Waals surface area contributed by atoms with Crippen molar-refractivity contribution in [2.75, 3.05) is 5.32 Å². The van der Waals surface area contributed by atoms with Crippen molar-refractivity contribution in [2.45, 2.75) is 20.0 Å². The van der Waals surface area contributed by atoms with Gasteiger partial charge < -0.3 is 5.32 Å². The highest BCUT2D eigenvalue weighted by molar-refractivity contribution is 14.1. The zero-order valence-corrected chi connectivity index (χ0v) is 14.5. The zero-order valence-electron chi connectivity index (χ0n) is 11.6. The van der Waals surface area contributed by atoms with Gasteiger partial charge in [0.25, 0.3) is 0 Å². The lowest BCUT2D eigenvalue weighted by molar-refractivity contribution is 0.671. The van der Waals surface area contributed by atoms with Gasteiger partial charge >= 0.3 is 0 Å². The minimum atomic E-state index is 0.700. The molecule has 2 aromatic carbocycles. The molecular formula is C16H15ClIN3. The summed E-state index contributed by atoms with van der Waals surface area (Å²) in [6.07, 6.45) is 0. The predicted molar refractivity (Wildman–Crippen MR) is 96.9 cm³/mol. The lowest BCUT2D eigenvalue weighted by Crippen LogP contribution is -2.03. The predicted octanol–water partition coefficient (Wildman–Crippen LogP) is 4.93. The fourth-order valence-electron chi connectivity index (χ4n) is 2.38. The first-order chi connectivity index (χ1) is 10.2. The first-order valence-electron chi connectivity index (χ1n) is 6.82. The lowest BCUT2D eigenvalue weighted by Gasteiger charge is -2.07. The van der Waals surface area contributed by atoms with Gasteiger partial charge in [0.2, 0.25) is 0 Å². The van der Waals surface area contributed by atoms with Crippen LogP contribution in [0.3, 0.4) is 0 Å². The van der Waals surface area contributed by atoms with E-state index in [-0.39, 0.29) is 0 Å². The topological polar surface area (TPSA) is 29.9 Å². The largest absolute Gasteiger partial charge is 0.378 e. The van der Waals surface area contributed by atoms with Crippen molar-refractivity contribution in [1.29, 1.82) is 0 Å². The van der Waals surface area contributed by atoms with Crippen LogP contribution >= 0.6 is 34.2 Å². The normalized spacial score (nSPS) is 11.0. The Labute approximate surface area is 142 Å². The van der Waals surface area contributed by atoms with Crippen molar-refractivity contribution in [2.24, 2.45) is 0 Å². The maximum atomic E-state index is 5.99. The van der Waals surface area contributed by atoms with Crippen LogP contribution in [0.2, 0.25) is 5.02 Å². The van der Waals surface area contributed by atoms with Crippen molar-refractivity contribution in [3.63, 3.8) is 0 Å². The molecule has 0 aliphatic rings. The van der Waals surface area contributed by atoms with Crippen LogP contribution in [-0.2, 0) is 13.1 Å². The molecule has 1 aromatic heterocycles. The Kier molecular flexibility index (Phi) is 4.35. The Bertz CT molecular complexity index is 782. The van der Waals surface area contributed by atoms with E-state index in [1.165, 1.54) is 10.9 Å². The Morgan fingerprint density at radius 1 is 1.24 bits per heavy atom. The van der Waals surface area contributed by atoms with Gasteiger partial charge in [0.15, 0.2) is 0 Å². The summed E-state index contributed by atoms with van der Waals surface area (Å²) in [6.45, 7) is 3.68. The third-order valence-corrected chi connectivity index (χ3v) is 4.54. The van der Waals surface area contributed by atoms with E-state index in [0.717, 1.165) is 26.5 Å². The molecule has 0 aliphatic carbocycles. The van der Waals surface area contributed by atoms with Crippen LogP contribution in [0.15, 0.2) is 42.5 Å². The highest BCUT2D eigenvalue weighted by Gasteiger charge is 2.09. The highest BCUT2D eigenvalue weighted by atomic mass is 127. The van der Waals surface area contributed by atoms with Crippen LogP contribution < -0.4 is 5.32 Å². The first-order valence-corrected chi connectivity index (χ1v) is 8.28. The van der Waals surface area contributed by atoms with E-state index in [1.807, 2.05) is 22.9 Å². The maximum absolute atomic E-state index is 5.99. The van der Waals surface area contributed by atoms with E-state index < -0.39 is 0 Å². The number of rotatable bonds is 4. The summed E-state index contributed by atoms with van der Waals surface area (Å²) in [6, 6.07) is 14.2. The van der Waals surface area contributed by atoms with E-state index in [2.05, 4.69) is 59.1 Å². The molecule has 0 aliphatic heterocycles. The monoisotopic (exact) mass is 411 g/mol. The molecule has 3 rings (SSSR count). The van der Waals surface area contributed by atoms with Gasteiger partial charge in [0, 0.05) is 26.2 Å². The third kappa shape index (κ3) is 3.01. The summed E-state index contributed by atoms with van der Waals surface area (Å²) in [5.74, 6) is 0. The number of halogens is 2. The van der Waals surface area contributed by atoms with Gasteiger partial charge in [-0.1, -0.05) is 29.8 Å². The average molecular weight is 412 g/mol. The minimum Gasteiger partial charge on any atom is -0.378 e. The summed E-state index contributed by atoms with van der Waals surface area (Å²) in [7, 11) is 0. The van der Waals surface area contributed by atoms with Crippen LogP contribution in [0, 0.1) is 3.57 Å².